The van der Waals surface area contributed by atoms with Crippen LogP contribution in [0.1, 0.15) is 25.0 Å². The largest absolute Gasteiger partial charge is 0.455 e. The van der Waals surface area contributed by atoms with E-state index in [1.165, 1.54) is 44.5 Å². The molecule has 0 radical (unpaired) electrons. The maximum absolute atomic E-state index is 6.74. The van der Waals surface area contributed by atoms with Crippen molar-refractivity contribution in [3.05, 3.63) is 199 Å². The standard InChI is InChI=1S/C51H37NO/c1-51(2)45-19-11-9-17-42(45)43-30-29-40(33-46(43)51)52(39-27-25-37(26-28-39)36-23-21-35(22-24-36)34-13-5-3-6-14-34)47-32-31-41(38-15-7-4-8-16-38)50-49(47)44-18-10-12-20-48(44)53-50/h3-33H,1-2H3. The van der Waals surface area contributed by atoms with E-state index in [1.54, 1.807) is 0 Å². The quantitative estimate of drug-likeness (QED) is 0.174. The van der Waals surface area contributed by atoms with Crippen LogP contribution >= 0.6 is 0 Å². The lowest BCUT2D eigenvalue weighted by Gasteiger charge is -2.29. The minimum atomic E-state index is -0.127. The summed E-state index contributed by atoms with van der Waals surface area (Å²) in [7, 11) is 0. The van der Waals surface area contributed by atoms with Crippen molar-refractivity contribution in [2.75, 3.05) is 4.90 Å². The topological polar surface area (TPSA) is 16.4 Å². The Kier molecular flexibility index (Phi) is 7.19. The van der Waals surface area contributed by atoms with Crippen LogP contribution in [0.3, 0.4) is 0 Å². The zero-order valence-corrected chi connectivity index (χ0v) is 29.8. The van der Waals surface area contributed by atoms with E-state index in [2.05, 4.69) is 207 Å². The SMILES string of the molecule is CC1(C)c2ccccc2-c2ccc(N(c3ccc(-c4ccc(-c5ccccc5)cc4)cc3)c3ccc(-c4ccccc4)c4oc5ccccc5c34)cc21. The summed E-state index contributed by atoms with van der Waals surface area (Å²) in [6.07, 6.45) is 0. The maximum atomic E-state index is 6.74. The Labute approximate surface area is 310 Å². The van der Waals surface area contributed by atoms with Crippen LogP contribution in [-0.2, 0) is 5.41 Å². The molecule has 252 valence electrons. The number of para-hydroxylation sites is 1. The fraction of sp³-hybridized carbons (Fsp3) is 0.0588. The van der Waals surface area contributed by atoms with E-state index in [4.69, 9.17) is 4.42 Å². The number of fused-ring (bicyclic) bond motifs is 6. The second-order valence-corrected chi connectivity index (χ2v) is 14.5. The van der Waals surface area contributed by atoms with Gasteiger partial charge in [0.1, 0.15) is 11.2 Å². The van der Waals surface area contributed by atoms with Crippen LogP contribution in [0.4, 0.5) is 17.1 Å². The highest BCUT2D eigenvalue weighted by molar-refractivity contribution is 6.17. The average molecular weight is 680 g/mol. The van der Waals surface area contributed by atoms with Gasteiger partial charge in [0.25, 0.3) is 0 Å². The highest BCUT2D eigenvalue weighted by Crippen LogP contribution is 2.52. The van der Waals surface area contributed by atoms with Gasteiger partial charge in [-0.3, -0.25) is 0 Å². The van der Waals surface area contributed by atoms with Gasteiger partial charge < -0.3 is 9.32 Å². The first-order valence-corrected chi connectivity index (χ1v) is 18.3. The van der Waals surface area contributed by atoms with Crippen molar-refractivity contribution in [2.45, 2.75) is 19.3 Å². The van der Waals surface area contributed by atoms with Gasteiger partial charge in [0.15, 0.2) is 0 Å². The van der Waals surface area contributed by atoms with Gasteiger partial charge in [0.05, 0.1) is 11.1 Å². The Balaban J connectivity index is 1.15. The molecule has 2 nitrogen and oxygen atoms in total. The van der Waals surface area contributed by atoms with Crippen LogP contribution in [0.25, 0.3) is 66.4 Å². The zero-order chi connectivity index (χ0) is 35.5. The number of hydrogen-bond acceptors (Lipinski definition) is 2. The Morgan fingerprint density at radius 2 is 0.943 bits per heavy atom. The van der Waals surface area contributed by atoms with Gasteiger partial charge >= 0.3 is 0 Å². The molecule has 8 aromatic carbocycles. The van der Waals surface area contributed by atoms with Crippen molar-refractivity contribution in [2.24, 2.45) is 0 Å². The number of anilines is 3. The molecule has 1 heterocycles. The predicted octanol–water partition coefficient (Wildman–Crippen LogP) is 14.4. The van der Waals surface area contributed by atoms with Gasteiger partial charge in [0.2, 0.25) is 0 Å². The van der Waals surface area contributed by atoms with Crippen LogP contribution in [0.15, 0.2) is 192 Å². The van der Waals surface area contributed by atoms with Crippen LogP contribution in [0.2, 0.25) is 0 Å². The summed E-state index contributed by atoms with van der Waals surface area (Å²) in [6.45, 7) is 4.69. The second-order valence-electron chi connectivity index (χ2n) is 14.5. The molecule has 0 N–H and O–H groups in total. The maximum Gasteiger partial charge on any atom is 0.145 e. The predicted molar refractivity (Wildman–Crippen MR) is 222 cm³/mol. The number of benzene rings is 8. The van der Waals surface area contributed by atoms with E-state index < -0.39 is 0 Å². The van der Waals surface area contributed by atoms with E-state index in [-0.39, 0.29) is 5.41 Å². The molecule has 0 spiro atoms. The average Bonchev–Trinajstić information content (AvgIpc) is 3.72. The number of rotatable bonds is 6. The molecule has 2 heteroatoms. The van der Waals surface area contributed by atoms with Crippen molar-refractivity contribution in [3.63, 3.8) is 0 Å². The van der Waals surface area contributed by atoms with Crippen LogP contribution in [-0.4, -0.2) is 0 Å². The number of furan rings is 1. The first-order valence-electron chi connectivity index (χ1n) is 18.3. The van der Waals surface area contributed by atoms with Crippen LogP contribution in [0.5, 0.6) is 0 Å². The monoisotopic (exact) mass is 679 g/mol. The summed E-state index contributed by atoms with van der Waals surface area (Å²) >= 11 is 0. The van der Waals surface area contributed by atoms with E-state index in [9.17, 15) is 0 Å². The Morgan fingerprint density at radius 3 is 1.66 bits per heavy atom. The van der Waals surface area contributed by atoms with Crippen LogP contribution < -0.4 is 4.90 Å². The molecule has 0 atom stereocenters. The minimum absolute atomic E-state index is 0.127. The third-order valence-corrected chi connectivity index (χ3v) is 11.1. The summed E-state index contributed by atoms with van der Waals surface area (Å²) < 4.78 is 6.74. The van der Waals surface area contributed by atoms with Crippen molar-refractivity contribution < 1.29 is 4.42 Å². The molecule has 10 rings (SSSR count). The molecular formula is C51H37NO. The van der Waals surface area contributed by atoms with Crippen molar-refractivity contribution >= 4 is 39.0 Å². The molecule has 0 amide bonds. The molecule has 1 aliphatic rings. The number of hydrogen-bond donors (Lipinski definition) is 0. The van der Waals surface area contributed by atoms with E-state index in [0.29, 0.717) is 0 Å². The van der Waals surface area contributed by atoms with Crippen molar-refractivity contribution in [3.8, 4) is 44.5 Å². The number of nitrogens with zero attached hydrogens (tertiary/aromatic N) is 1. The van der Waals surface area contributed by atoms with Crippen molar-refractivity contribution in [1.82, 2.24) is 0 Å². The molecule has 0 aliphatic heterocycles. The molecule has 0 saturated carbocycles. The molecule has 0 bridgehead atoms. The summed E-state index contributed by atoms with van der Waals surface area (Å²) in [4.78, 5) is 2.42. The molecule has 9 aromatic rings. The van der Waals surface area contributed by atoms with Gasteiger partial charge in [-0.15, -0.1) is 0 Å². The minimum Gasteiger partial charge on any atom is -0.455 e. The van der Waals surface area contributed by atoms with Gasteiger partial charge in [-0.2, -0.15) is 0 Å². The fourth-order valence-corrected chi connectivity index (χ4v) is 8.39. The summed E-state index contributed by atoms with van der Waals surface area (Å²) in [5.74, 6) is 0. The lowest BCUT2D eigenvalue weighted by Crippen LogP contribution is -2.16. The Morgan fingerprint density at radius 1 is 0.415 bits per heavy atom. The molecule has 0 saturated heterocycles. The third kappa shape index (κ3) is 5.10. The van der Waals surface area contributed by atoms with E-state index in [1.807, 2.05) is 0 Å². The van der Waals surface area contributed by atoms with Crippen molar-refractivity contribution in [1.29, 1.82) is 0 Å². The molecule has 1 aliphatic carbocycles. The zero-order valence-electron chi connectivity index (χ0n) is 29.8. The summed E-state index contributed by atoms with van der Waals surface area (Å²) in [5.41, 5.74) is 17.3. The van der Waals surface area contributed by atoms with E-state index in [0.717, 1.165) is 50.1 Å². The summed E-state index contributed by atoms with van der Waals surface area (Å²) in [6, 6.07) is 67.7. The third-order valence-electron chi connectivity index (χ3n) is 11.1. The molecule has 53 heavy (non-hydrogen) atoms. The van der Waals surface area contributed by atoms with Gasteiger partial charge in [-0.05, 0) is 92.5 Å². The lowest BCUT2D eigenvalue weighted by atomic mass is 9.82. The first-order chi connectivity index (χ1) is 26.0. The molecule has 1 aromatic heterocycles. The highest BCUT2D eigenvalue weighted by atomic mass is 16.3. The van der Waals surface area contributed by atoms with Gasteiger partial charge in [-0.1, -0.05) is 159 Å². The Bertz CT molecular complexity index is 2780. The normalized spacial score (nSPS) is 12.9. The first kappa shape index (κ1) is 31.1. The smallest absolute Gasteiger partial charge is 0.145 e. The Hall–Kier alpha value is -6.64. The molecule has 0 unspecified atom stereocenters. The summed E-state index contributed by atoms with van der Waals surface area (Å²) in [5, 5.41) is 2.20. The van der Waals surface area contributed by atoms with Gasteiger partial charge in [0, 0.05) is 27.7 Å². The lowest BCUT2D eigenvalue weighted by molar-refractivity contribution is 0.660. The molecular weight excluding hydrogens is 643 g/mol. The van der Waals surface area contributed by atoms with E-state index >= 15 is 0 Å². The highest BCUT2D eigenvalue weighted by Gasteiger charge is 2.36. The van der Waals surface area contributed by atoms with Crippen LogP contribution in [0, 0.1) is 0 Å². The molecule has 0 fully saturated rings. The fourth-order valence-electron chi connectivity index (χ4n) is 8.39. The van der Waals surface area contributed by atoms with Gasteiger partial charge in [-0.25, -0.2) is 0 Å². The second kappa shape index (κ2) is 12.3.